The van der Waals surface area contributed by atoms with E-state index in [1.807, 2.05) is 12.1 Å². The summed E-state index contributed by atoms with van der Waals surface area (Å²) in [4.78, 5) is 11.6. The van der Waals surface area contributed by atoms with Crippen molar-refractivity contribution in [1.29, 1.82) is 0 Å². The standard InChI is InChI=1S/C23H37N5O2S/c1-6-24-23(26-16-22-27-21(17-31-22)18(2)3)25-15-19-8-7-9-20(14-19)30-13-11-28(4)10-12-29-5/h7-9,14,17-18H,6,10-13,15-16H2,1-5H3,(H2,24,25,26). The van der Waals surface area contributed by atoms with Crippen LogP contribution in [0.25, 0.3) is 0 Å². The highest BCUT2D eigenvalue weighted by molar-refractivity contribution is 7.09. The molecule has 0 aliphatic heterocycles. The average Bonchev–Trinajstić information content (AvgIpc) is 3.24. The van der Waals surface area contributed by atoms with Crippen molar-refractivity contribution < 1.29 is 9.47 Å². The molecule has 1 aromatic heterocycles. The molecule has 2 rings (SSSR count). The maximum absolute atomic E-state index is 5.91. The lowest BCUT2D eigenvalue weighted by Crippen LogP contribution is -2.36. The maximum atomic E-state index is 5.91. The Labute approximate surface area is 190 Å². The van der Waals surface area contributed by atoms with E-state index in [1.54, 1.807) is 18.4 Å². The number of ether oxygens (including phenoxy) is 2. The Balaban J connectivity index is 1.86. The van der Waals surface area contributed by atoms with Gasteiger partial charge in [-0.15, -0.1) is 11.3 Å². The van der Waals surface area contributed by atoms with Crippen LogP contribution in [0.1, 0.15) is 43.0 Å². The summed E-state index contributed by atoms with van der Waals surface area (Å²) in [5, 5.41) is 9.88. The number of methoxy groups -OCH3 is 1. The Bertz CT molecular complexity index is 794. The number of aromatic nitrogens is 1. The van der Waals surface area contributed by atoms with E-state index in [-0.39, 0.29) is 0 Å². The Kier molecular flexibility index (Phi) is 11.3. The van der Waals surface area contributed by atoms with Crippen LogP contribution in [0.15, 0.2) is 34.6 Å². The van der Waals surface area contributed by atoms with Crippen molar-refractivity contribution in [1.82, 2.24) is 20.5 Å². The minimum absolute atomic E-state index is 0.451. The summed E-state index contributed by atoms with van der Waals surface area (Å²) >= 11 is 1.68. The summed E-state index contributed by atoms with van der Waals surface area (Å²) < 4.78 is 11.0. The molecule has 2 N–H and O–H groups in total. The Morgan fingerprint density at radius 1 is 1.23 bits per heavy atom. The van der Waals surface area contributed by atoms with Gasteiger partial charge in [-0.05, 0) is 37.6 Å². The molecule has 0 radical (unpaired) electrons. The number of benzene rings is 1. The van der Waals surface area contributed by atoms with Gasteiger partial charge in [0.1, 0.15) is 17.4 Å². The molecule has 7 nitrogen and oxygen atoms in total. The fourth-order valence-corrected chi connectivity index (χ4v) is 3.65. The SMILES string of the molecule is CCNC(=NCc1cccc(OCCN(C)CCOC)c1)NCc1nc(C(C)C)cs1. The topological polar surface area (TPSA) is 71.0 Å². The van der Waals surface area contributed by atoms with Crippen molar-refractivity contribution in [2.75, 3.05) is 47.0 Å². The van der Waals surface area contributed by atoms with Crippen molar-refractivity contribution in [3.05, 3.63) is 45.9 Å². The van der Waals surface area contributed by atoms with Gasteiger partial charge in [-0.25, -0.2) is 9.98 Å². The lowest BCUT2D eigenvalue weighted by Gasteiger charge is -2.16. The zero-order valence-corrected chi connectivity index (χ0v) is 20.3. The first-order valence-corrected chi connectivity index (χ1v) is 11.8. The molecule has 1 heterocycles. The monoisotopic (exact) mass is 447 g/mol. The van der Waals surface area contributed by atoms with Crippen LogP contribution in [0.4, 0.5) is 0 Å². The second kappa shape index (κ2) is 14.0. The highest BCUT2D eigenvalue weighted by Gasteiger charge is 2.07. The van der Waals surface area contributed by atoms with E-state index in [0.717, 1.165) is 54.2 Å². The zero-order chi connectivity index (χ0) is 22.5. The average molecular weight is 448 g/mol. The molecular weight excluding hydrogens is 410 g/mol. The van der Waals surface area contributed by atoms with E-state index in [0.29, 0.717) is 25.6 Å². The summed E-state index contributed by atoms with van der Waals surface area (Å²) in [7, 11) is 3.79. The lowest BCUT2D eigenvalue weighted by atomic mass is 10.2. The molecule has 0 saturated carbocycles. The van der Waals surface area contributed by atoms with E-state index >= 15 is 0 Å². The molecule has 2 aromatic rings. The number of thiazole rings is 1. The van der Waals surface area contributed by atoms with E-state index in [9.17, 15) is 0 Å². The molecule has 172 valence electrons. The first kappa shape index (κ1) is 25.1. The van der Waals surface area contributed by atoms with E-state index in [2.05, 4.69) is 65.8 Å². The number of hydrogen-bond donors (Lipinski definition) is 2. The van der Waals surface area contributed by atoms with Gasteiger partial charge in [0.25, 0.3) is 0 Å². The molecule has 0 aliphatic rings. The van der Waals surface area contributed by atoms with Crippen molar-refractivity contribution in [3.8, 4) is 5.75 Å². The largest absolute Gasteiger partial charge is 0.492 e. The number of likely N-dealkylation sites (N-methyl/N-ethyl adjacent to an activating group) is 1. The minimum Gasteiger partial charge on any atom is -0.492 e. The van der Waals surface area contributed by atoms with Gasteiger partial charge in [-0.1, -0.05) is 26.0 Å². The smallest absolute Gasteiger partial charge is 0.191 e. The molecule has 0 saturated heterocycles. The van der Waals surface area contributed by atoms with Gasteiger partial charge in [-0.3, -0.25) is 0 Å². The highest BCUT2D eigenvalue weighted by Crippen LogP contribution is 2.17. The summed E-state index contributed by atoms with van der Waals surface area (Å²) in [6.07, 6.45) is 0. The molecule has 0 aliphatic carbocycles. The third-order valence-electron chi connectivity index (χ3n) is 4.65. The molecule has 0 spiro atoms. The Hall–Kier alpha value is -2.16. The maximum Gasteiger partial charge on any atom is 0.191 e. The molecular formula is C23H37N5O2S. The van der Waals surface area contributed by atoms with Gasteiger partial charge in [0, 0.05) is 32.1 Å². The first-order chi connectivity index (χ1) is 15.0. The third kappa shape index (κ3) is 9.67. The van der Waals surface area contributed by atoms with Crippen molar-refractivity contribution in [2.45, 2.75) is 39.8 Å². The number of nitrogens with zero attached hydrogens (tertiary/aromatic N) is 3. The van der Waals surface area contributed by atoms with Gasteiger partial charge in [-0.2, -0.15) is 0 Å². The second-order valence-electron chi connectivity index (χ2n) is 7.66. The molecule has 1 aromatic carbocycles. The summed E-state index contributed by atoms with van der Waals surface area (Å²) in [6.45, 7) is 11.6. The lowest BCUT2D eigenvalue weighted by molar-refractivity contribution is 0.150. The fraction of sp³-hybridized carbons (Fsp3) is 0.565. The molecule has 8 heteroatoms. The highest BCUT2D eigenvalue weighted by atomic mass is 32.1. The van der Waals surface area contributed by atoms with E-state index < -0.39 is 0 Å². The van der Waals surface area contributed by atoms with Crippen molar-refractivity contribution in [2.24, 2.45) is 4.99 Å². The Morgan fingerprint density at radius 2 is 2.03 bits per heavy atom. The van der Waals surface area contributed by atoms with Crippen LogP contribution in [0.2, 0.25) is 0 Å². The van der Waals surface area contributed by atoms with Crippen LogP contribution in [-0.4, -0.2) is 62.8 Å². The molecule has 0 amide bonds. The van der Waals surface area contributed by atoms with Gasteiger partial charge in [0.2, 0.25) is 0 Å². The van der Waals surface area contributed by atoms with Crippen molar-refractivity contribution >= 4 is 17.3 Å². The molecule has 0 atom stereocenters. The van der Waals surface area contributed by atoms with Crippen molar-refractivity contribution in [3.63, 3.8) is 0 Å². The van der Waals surface area contributed by atoms with E-state index in [4.69, 9.17) is 14.5 Å². The zero-order valence-electron chi connectivity index (χ0n) is 19.5. The fourth-order valence-electron chi connectivity index (χ4n) is 2.75. The number of nitrogens with one attached hydrogen (secondary N) is 2. The Morgan fingerprint density at radius 3 is 2.74 bits per heavy atom. The summed E-state index contributed by atoms with van der Waals surface area (Å²) in [5.74, 6) is 2.11. The van der Waals surface area contributed by atoms with Crippen LogP contribution >= 0.6 is 11.3 Å². The van der Waals surface area contributed by atoms with E-state index in [1.165, 1.54) is 0 Å². The van der Waals surface area contributed by atoms with Crippen LogP contribution in [0.3, 0.4) is 0 Å². The number of guanidine groups is 1. The van der Waals surface area contributed by atoms with Gasteiger partial charge in [0.15, 0.2) is 5.96 Å². The molecule has 0 fully saturated rings. The predicted molar refractivity (Wildman–Crippen MR) is 129 cm³/mol. The first-order valence-electron chi connectivity index (χ1n) is 10.9. The number of aliphatic imine (C=N–C) groups is 1. The predicted octanol–water partition coefficient (Wildman–Crippen LogP) is 3.48. The summed E-state index contributed by atoms with van der Waals surface area (Å²) in [5.41, 5.74) is 2.25. The van der Waals surface area contributed by atoms with Gasteiger partial charge >= 0.3 is 0 Å². The third-order valence-corrected chi connectivity index (χ3v) is 5.52. The van der Waals surface area contributed by atoms with Crippen LogP contribution in [-0.2, 0) is 17.8 Å². The normalized spacial score (nSPS) is 11.9. The quantitative estimate of drug-likeness (QED) is 0.362. The molecule has 0 unspecified atom stereocenters. The van der Waals surface area contributed by atoms with Gasteiger partial charge in [0.05, 0.1) is 25.4 Å². The molecule has 31 heavy (non-hydrogen) atoms. The van der Waals surface area contributed by atoms with Crippen LogP contribution in [0, 0.1) is 0 Å². The number of hydrogen-bond acceptors (Lipinski definition) is 6. The number of rotatable bonds is 13. The van der Waals surface area contributed by atoms with Crippen LogP contribution < -0.4 is 15.4 Å². The van der Waals surface area contributed by atoms with Gasteiger partial charge < -0.3 is 25.0 Å². The molecule has 0 bridgehead atoms. The minimum atomic E-state index is 0.451. The second-order valence-corrected chi connectivity index (χ2v) is 8.60. The van der Waals surface area contributed by atoms with Crippen LogP contribution in [0.5, 0.6) is 5.75 Å². The summed E-state index contributed by atoms with van der Waals surface area (Å²) in [6, 6.07) is 8.12.